The number of hydrogen-bond acceptors (Lipinski definition) is 10. The molecule has 2 aliphatic rings. The number of morpholine rings is 1. The predicted molar refractivity (Wildman–Crippen MR) is 142 cm³/mol. The number of hydrogen-bond donors (Lipinski definition) is 0. The number of nitrogens with zero attached hydrogens (tertiary/aromatic N) is 8. The summed E-state index contributed by atoms with van der Waals surface area (Å²) in [4.78, 5) is 28.5. The monoisotopic (exact) mass is 492 g/mol. The first kappa shape index (κ1) is 24.5. The summed E-state index contributed by atoms with van der Waals surface area (Å²) in [7, 11) is 8.04. The standard InChI is InChI=1S/C26H36N8O2/c1-31(2)20-9-11-34(12-10-20)26-29-23-22(25(30-26)33-13-15-36-16-14-33)27-18-28-24(23)32(3)17-19-5-7-21(35-4)8-6-19/h5-8,18,20H,9-17H2,1-4H3. The van der Waals surface area contributed by atoms with Crippen LogP contribution >= 0.6 is 0 Å². The summed E-state index contributed by atoms with van der Waals surface area (Å²) in [6, 6.07) is 8.71. The Morgan fingerprint density at radius 3 is 2.31 bits per heavy atom. The number of benzene rings is 1. The van der Waals surface area contributed by atoms with E-state index in [1.807, 2.05) is 19.2 Å². The van der Waals surface area contributed by atoms with Crippen LogP contribution in [-0.2, 0) is 11.3 Å². The summed E-state index contributed by atoms with van der Waals surface area (Å²) in [5.74, 6) is 3.28. The normalized spacial score (nSPS) is 17.1. The molecular weight excluding hydrogens is 456 g/mol. The van der Waals surface area contributed by atoms with Gasteiger partial charge in [0.25, 0.3) is 0 Å². The minimum absolute atomic E-state index is 0.593. The Balaban J connectivity index is 1.51. The molecular formula is C26H36N8O2. The number of ether oxygens (including phenoxy) is 2. The molecule has 36 heavy (non-hydrogen) atoms. The minimum Gasteiger partial charge on any atom is -0.497 e. The Morgan fingerprint density at radius 1 is 0.917 bits per heavy atom. The smallest absolute Gasteiger partial charge is 0.228 e. The van der Waals surface area contributed by atoms with Gasteiger partial charge in [0.05, 0.1) is 20.3 Å². The Kier molecular flexibility index (Phi) is 7.33. The van der Waals surface area contributed by atoms with Gasteiger partial charge in [-0.25, -0.2) is 15.0 Å². The van der Waals surface area contributed by atoms with Gasteiger partial charge in [0.15, 0.2) is 11.6 Å². The third-order valence-electron chi connectivity index (χ3n) is 7.16. The lowest BCUT2D eigenvalue weighted by Gasteiger charge is -2.36. The number of piperidine rings is 1. The summed E-state index contributed by atoms with van der Waals surface area (Å²) in [6.45, 7) is 5.50. The van der Waals surface area contributed by atoms with E-state index in [0.29, 0.717) is 25.8 Å². The topological polar surface area (TPSA) is 83.0 Å². The summed E-state index contributed by atoms with van der Waals surface area (Å²) < 4.78 is 10.9. The van der Waals surface area contributed by atoms with E-state index in [0.717, 1.165) is 73.4 Å². The molecule has 0 aliphatic carbocycles. The van der Waals surface area contributed by atoms with Crippen molar-refractivity contribution in [3.05, 3.63) is 36.2 Å². The minimum atomic E-state index is 0.593. The van der Waals surface area contributed by atoms with Crippen LogP contribution in [0.25, 0.3) is 11.0 Å². The fraction of sp³-hybridized carbons (Fsp3) is 0.538. The number of aromatic nitrogens is 4. The molecule has 4 heterocycles. The average Bonchev–Trinajstić information content (AvgIpc) is 2.93. The van der Waals surface area contributed by atoms with Crippen LogP contribution in [-0.4, -0.2) is 98.5 Å². The second-order valence-corrected chi connectivity index (χ2v) is 9.73. The maximum atomic E-state index is 5.61. The van der Waals surface area contributed by atoms with E-state index in [2.05, 4.69) is 55.8 Å². The van der Waals surface area contributed by atoms with Crippen LogP contribution in [0, 0.1) is 0 Å². The van der Waals surface area contributed by atoms with E-state index in [4.69, 9.17) is 19.4 Å². The number of anilines is 3. The molecule has 0 amide bonds. The largest absolute Gasteiger partial charge is 0.497 e. The molecule has 5 rings (SSSR count). The highest BCUT2D eigenvalue weighted by molar-refractivity contribution is 5.94. The molecule has 1 aromatic carbocycles. The van der Waals surface area contributed by atoms with Gasteiger partial charge in [0.2, 0.25) is 5.95 Å². The first-order valence-electron chi connectivity index (χ1n) is 12.6. The van der Waals surface area contributed by atoms with Gasteiger partial charge in [-0.3, -0.25) is 0 Å². The molecule has 0 unspecified atom stereocenters. The SMILES string of the molecule is COc1ccc(CN(C)c2ncnc3c(N4CCOCC4)nc(N4CCC(N(C)C)CC4)nc23)cc1. The van der Waals surface area contributed by atoms with Crippen LogP contribution in [0.3, 0.4) is 0 Å². The quantitative estimate of drug-likeness (QED) is 0.490. The lowest BCUT2D eigenvalue weighted by molar-refractivity contribution is 0.122. The van der Waals surface area contributed by atoms with Crippen LogP contribution in [0.4, 0.5) is 17.6 Å². The van der Waals surface area contributed by atoms with Crippen LogP contribution in [0.5, 0.6) is 5.75 Å². The number of rotatable bonds is 7. The van der Waals surface area contributed by atoms with Gasteiger partial charge in [-0.2, -0.15) is 4.98 Å². The van der Waals surface area contributed by atoms with Crippen molar-refractivity contribution in [1.82, 2.24) is 24.8 Å². The van der Waals surface area contributed by atoms with E-state index >= 15 is 0 Å². The maximum Gasteiger partial charge on any atom is 0.228 e. The molecule has 0 spiro atoms. The molecule has 0 radical (unpaired) electrons. The third-order valence-corrected chi connectivity index (χ3v) is 7.16. The molecule has 10 nitrogen and oxygen atoms in total. The summed E-state index contributed by atoms with van der Waals surface area (Å²) in [6.07, 6.45) is 3.81. The molecule has 0 saturated carbocycles. The van der Waals surface area contributed by atoms with Gasteiger partial charge in [0, 0.05) is 45.8 Å². The Hall–Kier alpha value is -3.24. The van der Waals surface area contributed by atoms with Crippen molar-refractivity contribution < 1.29 is 9.47 Å². The molecule has 2 aromatic heterocycles. The zero-order valence-electron chi connectivity index (χ0n) is 21.7. The number of fused-ring (bicyclic) bond motifs is 1. The first-order valence-corrected chi connectivity index (χ1v) is 12.6. The maximum absolute atomic E-state index is 5.61. The van der Waals surface area contributed by atoms with Gasteiger partial charge in [-0.15, -0.1) is 0 Å². The van der Waals surface area contributed by atoms with E-state index in [1.54, 1.807) is 13.4 Å². The molecule has 0 atom stereocenters. The summed E-state index contributed by atoms with van der Waals surface area (Å²) in [5, 5.41) is 0. The fourth-order valence-corrected chi connectivity index (χ4v) is 4.99. The highest BCUT2D eigenvalue weighted by Gasteiger charge is 2.26. The Labute approximate surface area is 212 Å². The Bertz CT molecular complexity index is 1160. The van der Waals surface area contributed by atoms with Crippen molar-refractivity contribution in [2.24, 2.45) is 0 Å². The summed E-state index contributed by atoms with van der Waals surface area (Å²) >= 11 is 0. The second-order valence-electron chi connectivity index (χ2n) is 9.73. The lowest BCUT2D eigenvalue weighted by Crippen LogP contribution is -2.43. The van der Waals surface area contributed by atoms with Crippen molar-refractivity contribution in [2.45, 2.75) is 25.4 Å². The van der Waals surface area contributed by atoms with Crippen LogP contribution in [0.2, 0.25) is 0 Å². The van der Waals surface area contributed by atoms with Crippen molar-refractivity contribution in [3.8, 4) is 5.75 Å². The molecule has 2 fully saturated rings. The molecule has 2 aliphatic heterocycles. The predicted octanol–water partition coefficient (Wildman–Crippen LogP) is 2.43. The van der Waals surface area contributed by atoms with E-state index in [9.17, 15) is 0 Å². The molecule has 0 bridgehead atoms. The van der Waals surface area contributed by atoms with Crippen molar-refractivity contribution in [2.75, 3.05) is 82.3 Å². The van der Waals surface area contributed by atoms with Crippen LogP contribution < -0.4 is 19.4 Å². The second kappa shape index (κ2) is 10.8. The highest BCUT2D eigenvalue weighted by atomic mass is 16.5. The highest BCUT2D eigenvalue weighted by Crippen LogP contribution is 2.31. The van der Waals surface area contributed by atoms with Crippen molar-refractivity contribution in [3.63, 3.8) is 0 Å². The zero-order chi connectivity index (χ0) is 25.1. The van der Waals surface area contributed by atoms with Gasteiger partial charge in [-0.05, 0) is 44.6 Å². The van der Waals surface area contributed by atoms with E-state index < -0.39 is 0 Å². The van der Waals surface area contributed by atoms with Gasteiger partial charge >= 0.3 is 0 Å². The Morgan fingerprint density at radius 2 is 1.64 bits per heavy atom. The van der Waals surface area contributed by atoms with Crippen molar-refractivity contribution >= 4 is 28.6 Å². The van der Waals surface area contributed by atoms with Crippen LogP contribution in [0.15, 0.2) is 30.6 Å². The van der Waals surface area contributed by atoms with Crippen molar-refractivity contribution in [1.29, 1.82) is 0 Å². The molecule has 10 heteroatoms. The fourth-order valence-electron chi connectivity index (χ4n) is 4.99. The van der Waals surface area contributed by atoms with Gasteiger partial charge in [0.1, 0.15) is 23.1 Å². The first-order chi connectivity index (χ1) is 17.5. The van der Waals surface area contributed by atoms with Gasteiger partial charge < -0.3 is 29.1 Å². The van der Waals surface area contributed by atoms with Gasteiger partial charge in [-0.1, -0.05) is 12.1 Å². The average molecular weight is 493 g/mol. The zero-order valence-corrected chi connectivity index (χ0v) is 21.7. The third kappa shape index (κ3) is 5.15. The molecule has 192 valence electrons. The lowest BCUT2D eigenvalue weighted by atomic mass is 10.0. The van der Waals surface area contributed by atoms with E-state index in [1.165, 1.54) is 5.56 Å². The molecule has 3 aromatic rings. The van der Waals surface area contributed by atoms with E-state index in [-0.39, 0.29) is 0 Å². The van der Waals surface area contributed by atoms with Crippen LogP contribution in [0.1, 0.15) is 18.4 Å². The summed E-state index contributed by atoms with van der Waals surface area (Å²) in [5.41, 5.74) is 2.74. The number of methoxy groups -OCH3 is 1. The molecule has 2 saturated heterocycles. The molecule has 0 N–H and O–H groups in total.